The molecule has 1 N–H and O–H groups in total. The van der Waals surface area contributed by atoms with Crippen LogP contribution in [0.3, 0.4) is 0 Å². The molecule has 0 saturated carbocycles. The topological polar surface area (TPSA) is 40.5 Å². The van der Waals surface area contributed by atoms with Crippen molar-refractivity contribution in [3.63, 3.8) is 0 Å². The fourth-order valence-electron chi connectivity index (χ4n) is 3.22. The van der Waals surface area contributed by atoms with Gasteiger partial charge in [-0.25, -0.2) is 0 Å². The minimum absolute atomic E-state index is 0.305. The van der Waals surface area contributed by atoms with Gasteiger partial charge in [0.1, 0.15) is 0 Å². The predicted octanol–water partition coefficient (Wildman–Crippen LogP) is 3.59. The summed E-state index contributed by atoms with van der Waals surface area (Å²) < 4.78 is 0. The van der Waals surface area contributed by atoms with E-state index in [-0.39, 0.29) is 0 Å². The molecule has 0 amide bonds. The monoisotopic (exact) mass is 289 g/mol. The van der Waals surface area contributed by atoms with E-state index in [9.17, 15) is 4.79 Å². The third-order valence-corrected chi connectivity index (χ3v) is 4.61. The molecule has 116 valence electrons. The van der Waals surface area contributed by atoms with Crippen LogP contribution in [0.4, 0.5) is 0 Å². The molecular weight excluding hydrogens is 262 g/mol. The quantitative estimate of drug-likeness (QED) is 0.744. The third kappa shape index (κ3) is 5.50. The minimum atomic E-state index is -0.677. The first-order valence-electron chi connectivity index (χ1n) is 8.05. The van der Waals surface area contributed by atoms with Crippen molar-refractivity contribution in [3.8, 4) is 0 Å². The van der Waals surface area contributed by atoms with Crippen LogP contribution in [0.25, 0.3) is 0 Å². The lowest BCUT2D eigenvalue weighted by atomic mass is 9.83. The van der Waals surface area contributed by atoms with Crippen molar-refractivity contribution in [3.05, 3.63) is 35.9 Å². The van der Waals surface area contributed by atoms with E-state index in [0.29, 0.717) is 11.8 Å². The molecule has 21 heavy (non-hydrogen) atoms. The molecule has 3 nitrogen and oxygen atoms in total. The van der Waals surface area contributed by atoms with Crippen molar-refractivity contribution < 1.29 is 9.90 Å². The Labute approximate surface area is 128 Å². The molecule has 0 aliphatic carbocycles. The number of carbonyl (C=O) groups is 1. The molecule has 0 aromatic heterocycles. The molecule has 1 aliphatic rings. The van der Waals surface area contributed by atoms with Gasteiger partial charge in [-0.3, -0.25) is 4.79 Å². The van der Waals surface area contributed by atoms with Gasteiger partial charge in [0.05, 0.1) is 0 Å². The summed E-state index contributed by atoms with van der Waals surface area (Å²) in [7, 11) is 0. The highest BCUT2D eigenvalue weighted by atomic mass is 16.4. The zero-order valence-electron chi connectivity index (χ0n) is 13.1. The first-order valence-corrected chi connectivity index (χ1v) is 8.05. The maximum Gasteiger partial charge on any atom is 0.303 e. The van der Waals surface area contributed by atoms with E-state index in [1.165, 1.54) is 24.9 Å². The average molecular weight is 289 g/mol. The largest absolute Gasteiger partial charge is 0.481 e. The molecule has 1 aromatic rings. The summed E-state index contributed by atoms with van der Waals surface area (Å²) >= 11 is 0. The molecule has 1 saturated heterocycles. The average Bonchev–Trinajstić information content (AvgIpc) is 2.85. The number of carboxylic acid groups (broad SMARTS) is 1. The summed E-state index contributed by atoms with van der Waals surface area (Å²) in [5, 5.41) is 8.65. The number of benzene rings is 1. The summed E-state index contributed by atoms with van der Waals surface area (Å²) in [5.74, 6) is -0.677. The second kappa shape index (κ2) is 7.60. The van der Waals surface area contributed by atoms with Crippen molar-refractivity contribution in [2.75, 3.05) is 19.6 Å². The van der Waals surface area contributed by atoms with E-state index in [1.807, 2.05) is 0 Å². The number of likely N-dealkylation sites (tertiary alicyclic amines) is 1. The van der Waals surface area contributed by atoms with Crippen molar-refractivity contribution in [2.45, 2.75) is 45.4 Å². The lowest BCUT2D eigenvalue weighted by molar-refractivity contribution is -0.137. The molecular formula is C18H27NO2. The van der Waals surface area contributed by atoms with Crippen LogP contribution in [0.5, 0.6) is 0 Å². The maximum absolute atomic E-state index is 10.5. The Bertz CT molecular complexity index is 446. The smallest absolute Gasteiger partial charge is 0.303 e. The summed E-state index contributed by atoms with van der Waals surface area (Å²) in [5.41, 5.74) is 1.85. The number of unbranched alkanes of at least 4 members (excludes halogenated alkanes) is 1. The van der Waals surface area contributed by atoms with Gasteiger partial charge in [-0.2, -0.15) is 0 Å². The third-order valence-electron chi connectivity index (χ3n) is 4.61. The zero-order chi connectivity index (χ0) is 15.1. The lowest BCUT2D eigenvalue weighted by Gasteiger charge is -2.25. The van der Waals surface area contributed by atoms with E-state index in [4.69, 9.17) is 5.11 Å². The van der Waals surface area contributed by atoms with Crippen LogP contribution >= 0.6 is 0 Å². The van der Waals surface area contributed by atoms with Crippen molar-refractivity contribution >= 4 is 5.97 Å². The summed E-state index contributed by atoms with van der Waals surface area (Å²) in [6.45, 7) is 5.77. The number of aryl methyl sites for hydroxylation is 1. The van der Waals surface area contributed by atoms with Gasteiger partial charge in [-0.1, -0.05) is 37.3 Å². The van der Waals surface area contributed by atoms with Crippen molar-refractivity contribution in [1.82, 2.24) is 4.90 Å². The van der Waals surface area contributed by atoms with Gasteiger partial charge in [0, 0.05) is 13.0 Å². The maximum atomic E-state index is 10.5. The number of rotatable bonds is 8. The predicted molar refractivity (Wildman–Crippen MR) is 85.4 cm³/mol. The van der Waals surface area contributed by atoms with Crippen LogP contribution in [0, 0.1) is 5.41 Å². The number of aliphatic carboxylic acids is 1. The van der Waals surface area contributed by atoms with Gasteiger partial charge in [0.25, 0.3) is 0 Å². The first-order chi connectivity index (χ1) is 10.1. The Morgan fingerprint density at radius 1 is 1.29 bits per heavy atom. The summed E-state index contributed by atoms with van der Waals surface area (Å²) in [4.78, 5) is 13.0. The van der Waals surface area contributed by atoms with Crippen LogP contribution < -0.4 is 0 Å². The standard InChI is InChI=1S/C18H27NO2/c1-18(11-10-16-7-3-2-4-8-16)12-14-19(15-18)13-6-5-9-17(20)21/h2-4,7-8H,5-6,9-15H2,1H3,(H,20,21). The molecule has 1 heterocycles. The van der Waals surface area contributed by atoms with Gasteiger partial charge in [-0.15, -0.1) is 0 Å². The summed E-state index contributed by atoms with van der Waals surface area (Å²) in [6, 6.07) is 10.7. The van der Waals surface area contributed by atoms with Crippen molar-refractivity contribution in [2.24, 2.45) is 5.41 Å². The SMILES string of the molecule is CC1(CCc2ccccc2)CCN(CCCCC(=O)O)C1. The van der Waals surface area contributed by atoms with Crippen LogP contribution in [0.1, 0.15) is 44.6 Å². The van der Waals surface area contributed by atoms with Crippen LogP contribution in [0.15, 0.2) is 30.3 Å². The van der Waals surface area contributed by atoms with E-state index in [0.717, 1.165) is 32.4 Å². The van der Waals surface area contributed by atoms with E-state index in [1.54, 1.807) is 0 Å². The summed E-state index contributed by atoms with van der Waals surface area (Å²) in [6.07, 6.45) is 5.76. The van der Waals surface area contributed by atoms with Crippen LogP contribution in [0.2, 0.25) is 0 Å². The Balaban J connectivity index is 1.69. The van der Waals surface area contributed by atoms with Gasteiger partial charge >= 0.3 is 5.97 Å². The molecule has 1 atom stereocenters. The second-order valence-corrected chi connectivity index (χ2v) is 6.67. The number of hydrogen-bond donors (Lipinski definition) is 1. The molecule has 1 unspecified atom stereocenters. The number of carboxylic acids is 1. The highest BCUT2D eigenvalue weighted by molar-refractivity contribution is 5.66. The lowest BCUT2D eigenvalue weighted by Crippen LogP contribution is -2.26. The Kier molecular flexibility index (Phi) is 5.80. The van der Waals surface area contributed by atoms with Gasteiger partial charge in [0.15, 0.2) is 0 Å². The van der Waals surface area contributed by atoms with Gasteiger partial charge in [-0.05, 0) is 56.2 Å². The highest BCUT2D eigenvalue weighted by Crippen LogP contribution is 2.34. The van der Waals surface area contributed by atoms with Gasteiger partial charge in [0.2, 0.25) is 0 Å². The number of hydrogen-bond acceptors (Lipinski definition) is 2. The molecule has 3 heteroatoms. The fourth-order valence-corrected chi connectivity index (χ4v) is 3.22. The molecule has 0 bridgehead atoms. The molecule has 2 rings (SSSR count). The molecule has 1 aliphatic heterocycles. The Morgan fingerprint density at radius 3 is 2.76 bits per heavy atom. The zero-order valence-corrected chi connectivity index (χ0v) is 13.1. The van der Waals surface area contributed by atoms with Crippen LogP contribution in [-0.2, 0) is 11.2 Å². The highest BCUT2D eigenvalue weighted by Gasteiger charge is 2.32. The molecule has 0 spiro atoms. The second-order valence-electron chi connectivity index (χ2n) is 6.67. The van der Waals surface area contributed by atoms with Crippen LogP contribution in [-0.4, -0.2) is 35.6 Å². The van der Waals surface area contributed by atoms with E-state index in [2.05, 4.69) is 42.2 Å². The van der Waals surface area contributed by atoms with E-state index < -0.39 is 5.97 Å². The molecule has 1 fully saturated rings. The minimum Gasteiger partial charge on any atom is -0.481 e. The Morgan fingerprint density at radius 2 is 2.05 bits per heavy atom. The fraction of sp³-hybridized carbons (Fsp3) is 0.611. The first kappa shape index (κ1) is 16.0. The molecule has 1 aromatic carbocycles. The normalized spacial score (nSPS) is 22.5. The van der Waals surface area contributed by atoms with Gasteiger partial charge < -0.3 is 10.0 Å². The van der Waals surface area contributed by atoms with E-state index >= 15 is 0 Å². The van der Waals surface area contributed by atoms with Crippen molar-refractivity contribution in [1.29, 1.82) is 0 Å². The molecule has 0 radical (unpaired) electrons. The number of nitrogens with zero attached hydrogens (tertiary/aromatic N) is 1. The Hall–Kier alpha value is -1.35.